The predicted molar refractivity (Wildman–Crippen MR) is 104 cm³/mol. The fourth-order valence-corrected chi connectivity index (χ4v) is 3.48. The molecule has 0 spiro atoms. The molecule has 31 heavy (non-hydrogen) atoms. The van der Waals surface area contributed by atoms with Gasteiger partial charge in [0.05, 0.1) is 11.7 Å². The van der Waals surface area contributed by atoms with Crippen molar-refractivity contribution in [1.82, 2.24) is 9.78 Å². The molecule has 0 radical (unpaired) electrons. The van der Waals surface area contributed by atoms with Crippen molar-refractivity contribution in [3.8, 4) is 0 Å². The van der Waals surface area contributed by atoms with Crippen LogP contribution in [0, 0.1) is 18.6 Å². The minimum atomic E-state index is -4.59. The average molecular weight is 436 g/mol. The van der Waals surface area contributed by atoms with E-state index in [1.54, 1.807) is 12.1 Å². The molecule has 2 aromatic carbocycles. The summed E-state index contributed by atoms with van der Waals surface area (Å²) in [6.45, 7) is 1.88. The molecule has 1 aliphatic rings. The van der Waals surface area contributed by atoms with E-state index in [1.165, 1.54) is 6.07 Å². The van der Waals surface area contributed by atoms with E-state index in [0.29, 0.717) is 11.6 Å². The molecule has 1 aromatic heterocycles. The number of fused-ring (bicyclic) bond motifs is 1. The fourth-order valence-electron chi connectivity index (χ4n) is 3.48. The second-order valence-electron chi connectivity index (χ2n) is 7.34. The van der Waals surface area contributed by atoms with Crippen LogP contribution in [0.4, 0.5) is 33.5 Å². The van der Waals surface area contributed by atoms with E-state index in [0.717, 1.165) is 22.4 Å². The third kappa shape index (κ3) is 4.23. The van der Waals surface area contributed by atoms with Crippen LogP contribution in [0.1, 0.15) is 40.1 Å². The number of aromatic nitrogens is 2. The van der Waals surface area contributed by atoms with E-state index in [-0.39, 0.29) is 23.6 Å². The van der Waals surface area contributed by atoms with Gasteiger partial charge in [-0.3, -0.25) is 4.79 Å². The van der Waals surface area contributed by atoms with E-state index in [9.17, 15) is 26.7 Å². The van der Waals surface area contributed by atoms with E-state index in [1.807, 2.05) is 19.1 Å². The third-order valence-corrected chi connectivity index (χ3v) is 5.08. The van der Waals surface area contributed by atoms with Crippen molar-refractivity contribution in [3.63, 3.8) is 0 Å². The van der Waals surface area contributed by atoms with Crippen LogP contribution in [0.5, 0.6) is 0 Å². The van der Waals surface area contributed by atoms with Crippen molar-refractivity contribution >= 4 is 17.4 Å². The lowest BCUT2D eigenvalue weighted by molar-refractivity contribution is -0.173. The Labute approximate surface area is 173 Å². The summed E-state index contributed by atoms with van der Waals surface area (Å²) in [7, 11) is 0. The Balaban J connectivity index is 1.64. The molecule has 3 aromatic rings. The highest BCUT2D eigenvalue weighted by atomic mass is 19.4. The van der Waals surface area contributed by atoms with Crippen LogP contribution in [-0.2, 0) is 0 Å². The second-order valence-corrected chi connectivity index (χ2v) is 7.34. The number of hydrogen-bond acceptors (Lipinski definition) is 3. The molecule has 2 heterocycles. The number of anilines is 2. The Kier molecular flexibility index (Phi) is 5.16. The first-order valence-corrected chi connectivity index (χ1v) is 9.37. The molecule has 0 saturated heterocycles. The summed E-state index contributed by atoms with van der Waals surface area (Å²) < 4.78 is 68.8. The molecule has 0 fully saturated rings. The molecule has 1 aliphatic heterocycles. The molecule has 0 bridgehead atoms. The van der Waals surface area contributed by atoms with Gasteiger partial charge in [0.25, 0.3) is 5.91 Å². The first-order chi connectivity index (χ1) is 14.6. The quantitative estimate of drug-likeness (QED) is 0.542. The maximum Gasteiger partial charge on any atom is 0.410 e. The van der Waals surface area contributed by atoms with Gasteiger partial charge in [-0.25, -0.2) is 13.5 Å². The number of benzene rings is 2. The van der Waals surface area contributed by atoms with E-state index >= 15 is 0 Å². The Hall–Kier alpha value is -3.43. The van der Waals surface area contributed by atoms with Gasteiger partial charge in [-0.05, 0) is 24.6 Å². The molecule has 1 amide bonds. The van der Waals surface area contributed by atoms with Crippen LogP contribution in [-0.4, -0.2) is 21.9 Å². The Bertz CT molecular complexity index is 1120. The first kappa shape index (κ1) is 20.8. The number of aryl methyl sites for hydroxylation is 1. The van der Waals surface area contributed by atoms with Gasteiger partial charge in [0.15, 0.2) is 11.7 Å². The molecule has 5 nitrogen and oxygen atoms in total. The van der Waals surface area contributed by atoms with Gasteiger partial charge in [-0.15, -0.1) is 0 Å². The van der Waals surface area contributed by atoms with E-state index in [4.69, 9.17) is 0 Å². The van der Waals surface area contributed by atoms with Gasteiger partial charge in [0.2, 0.25) is 0 Å². The molecule has 2 atom stereocenters. The van der Waals surface area contributed by atoms with Gasteiger partial charge in [0.1, 0.15) is 17.5 Å². The van der Waals surface area contributed by atoms with Gasteiger partial charge in [-0.2, -0.15) is 18.3 Å². The standard InChI is InChI=1S/C21H17F5N4O/c1-11-2-4-12(5-3-11)16-9-18(21(24,25)26)30-19(27-16)10-17(29-30)20(31)28-15-7-6-13(22)8-14(15)23/h2-8,10,16,18,27H,9H2,1H3,(H,28,31)/t16-,18+/m1/s1. The smallest absolute Gasteiger partial charge is 0.363 e. The third-order valence-electron chi connectivity index (χ3n) is 5.08. The highest BCUT2D eigenvalue weighted by molar-refractivity contribution is 6.03. The van der Waals surface area contributed by atoms with E-state index < -0.39 is 35.8 Å². The molecule has 2 N–H and O–H groups in total. The number of halogens is 5. The molecule has 10 heteroatoms. The SMILES string of the molecule is Cc1ccc([C@H]2C[C@@H](C(F)(F)F)n3nc(C(=O)Nc4ccc(F)cc4F)cc3N2)cc1. The van der Waals surface area contributed by atoms with Crippen LogP contribution >= 0.6 is 0 Å². The molecule has 0 saturated carbocycles. The zero-order valence-corrected chi connectivity index (χ0v) is 16.2. The van der Waals surface area contributed by atoms with E-state index in [2.05, 4.69) is 15.7 Å². The molecule has 0 aliphatic carbocycles. The maximum atomic E-state index is 13.8. The number of alkyl halides is 3. The van der Waals surface area contributed by atoms with Gasteiger partial charge in [0, 0.05) is 18.6 Å². The zero-order chi connectivity index (χ0) is 22.3. The summed E-state index contributed by atoms with van der Waals surface area (Å²) in [5.74, 6) is -2.73. The van der Waals surface area contributed by atoms with Crippen LogP contribution < -0.4 is 10.6 Å². The fraction of sp³-hybridized carbons (Fsp3) is 0.238. The van der Waals surface area contributed by atoms with Crippen molar-refractivity contribution in [2.45, 2.75) is 31.6 Å². The molecule has 4 rings (SSSR count). The summed E-state index contributed by atoms with van der Waals surface area (Å²) >= 11 is 0. The highest BCUT2D eigenvalue weighted by Gasteiger charge is 2.46. The van der Waals surface area contributed by atoms with Crippen LogP contribution in [0.3, 0.4) is 0 Å². The Morgan fingerprint density at radius 3 is 2.48 bits per heavy atom. The van der Waals surface area contributed by atoms with Gasteiger partial charge >= 0.3 is 6.18 Å². The summed E-state index contributed by atoms with van der Waals surface area (Å²) in [5.41, 5.74) is 1.01. The number of carbonyl (C=O) groups is 1. The lowest BCUT2D eigenvalue weighted by atomic mass is 9.96. The number of nitrogens with zero attached hydrogens (tertiary/aromatic N) is 2. The highest BCUT2D eigenvalue weighted by Crippen LogP contribution is 2.43. The number of carbonyl (C=O) groups excluding carboxylic acids is 1. The van der Waals surface area contributed by atoms with Crippen molar-refractivity contribution in [2.24, 2.45) is 0 Å². The van der Waals surface area contributed by atoms with Crippen LogP contribution in [0.15, 0.2) is 48.5 Å². The molecule has 162 valence electrons. The summed E-state index contributed by atoms with van der Waals surface area (Å²) in [4.78, 5) is 12.5. The second kappa shape index (κ2) is 7.68. The normalized spacial score (nSPS) is 18.3. The molecular formula is C21H17F5N4O. The van der Waals surface area contributed by atoms with Crippen LogP contribution in [0.25, 0.3) is 0 Å². The lowest BCUT2D eigenvalue weighted by Gasteiger charge is -2.33. The summed E-state index contributed by atoms with van der Waals surface area (Å²) in [5, 5.41) is 9.00. The minimum Gasteiger partial charge on any atom is -0.363 e. The van der Waals surface area contributed by atoms with Crippen molar-refractivity contribution < 1.29 is 26.7 Å². The molecule has 0 unspecified atom stereocenters. The summed E-state index contributed by atoms with van der Waals surface area (Å²) in [6, 6.07) is 8.25. The number of nitrogens with one attached hydrogen (secondary N) is 2. The number of hydrogen-bond donors (Lipinski definition) is 2. The van der Waals surface area contributed by atoms with Crippen LogP contribution in [0.2, 0.25) is 0 Å². The maximum absolute atomic E-state index is 13.8. The predicted octanol–water partition coefficient (Wildman–Crippen LogP) is 5.38. The van der Waals surface area contributed by atoms with Gasteiger partial charge < -0.3 is 10.6 Å². The number of rotatable bonds is 3. The minimum absolute atomic E-state index is 0.0175. The topological polar surface area (TPSA) is 59.0 Å². The van der Waals surface area contributed by atoms with Gasteiger partial charge in [-0.1, -0.05) is 29.8 Å². The molecular weight excluding hydrogens is 419 g/mol. The average Bonchev–Trinajstić information content (AvgIpc) is 3.13. The monoisotopic (exact) mass is 436 g/mol. The number of amides is 1. The zero-order valence-electron chi connectivity index (χ0n) is 16.2. The Morgan fingerprint density at radius 2 is 1.84 bits per heavy atom. The van der Waals surface area contributed by atoms with Crippen molar-refractivity contribution in [1.29, 1.82) is 0 Å². The van der Waals surface area contributed by atoms with Crippen molar-refractivity contribution in [3.05, 3.63) is 77.0 Å². The van der Waals surface area contributed by atoms with Crippen molar-refractivity contribution in [2.75, 3.05) is 10.6 Å². The first-order valence-electron chi connectivity index (χ1n) is 9.37. The lowest BCUT2D eigenvalue weighted by Crippen LogP contribution is -2.35. The summed E-state index contributed by atoms with van der Waals surface area (Å²) in [6.07, 6.45) is -4.91. The largest absolute Gasteiger partial charge is 0.410 e. The Morgan fingerprint density at radius 1 is 1.13 bits per heavy atom.